The van der Waals surface area contributed by atoms with Gasteiger partial charge >= 0.3 is 0 Å². The first-order valence-corrected chi connectivity index (χ1v) is 51.7. The Kier molecular flexibility index (Phi) is 26.2. The zero-order valence-corrected chi connectivity index (χ0v) is 83.7. The molecule has 150 heavy (non-hydrogen) atoms. The Hall–Kier alpha value is -19.3. The Morgan fingerprint density at radius 1 is 0.107 bits per heavy atom. The SMILES string of the molecule is CC1(C)c2cc(-c3cc4ccccc4cc3-c3ccccc3)ccc2-c2ccc(N(c3ccccc3)c3ccccc3)cc21.c1ccc(-c2ccc(N(c3ccc(-c4ccccc4)cc3)c3ccc(-c4cc5ccccc5cc4-c4cccc(-c5ccccc5)c4)cc3)cc2)cc1.c1ccc(-c2ccc(N(c3ccc(-c4ccccc4)cc3)c3ccc(-c4cc5ccccc5cc4-c4ccccc4-c4ccccc4)cc3)cc2)cc1. The first-order valence-electron chi connectivity index (χ1n) is 51.7. The first-order chi connectivity index (χ1) is 74.1. The van der Waals surface area contributed by atoms with Gasteiger partial charge in [-0.05, 0) is 346 Å². The predicted molar refractivity (Wildman–Crippen MR) is 639 cm³/mol. The molecule has 0 N–H and O–H groups in total. The summed E-state index contributed by atoms with van der Waals surface area (Å²) in [6, 6.07) is 221. The van der Waals surface area contributed by atoms with Crippen molar-refractivity contribution in [1.82, 2.24) is 0 Å². The van der Waals surface area contributed by atoms with Crippen LogP contribution in [0.2, 0.25) is 0 Å². The predicted octanol–water partition coefficient (Wildman–Crippen LogP) is 41.2. The lowest BCUT2D eigenvalue weighted by atomic mass is 9.81. The third-order valence-electron chi connectivity index (χ3n) is 29.4. The van der Waals surface area contributed by atoms with Gasteiger partial charge in [0.05, 0.1) is 0 Å². The minimum atomic E-state index is -0.153. The molecule has 0 bridgehead atoms. The van der Waals surface area contributed by atoms with Gasteiger partial charge < -0.3 is 14.7 Å². The molecule has 0 amide bonds. The molecule has 3 nitrogen and oxygen atoms in total. The highest BCUT2D eigenvalue weighted by Gasteiger charge is 2.37. The average molecular weight is 1920 g/mol. The van der Waals surface area contributed by atoms with Gasteiger partial charge in [-0.25, -0.2) is 0 Å². The van der Waals surface area contributed by atoms with E-state index in [0.717, 1.165) is 45.5 Å². The monoisotopic (exact) mass is 1910 g/mol. The van der Waals surface area contributed by atoms with Gasteiger partial charge in [0.2, 0.25) is 0 Å². The molecule has 0 saturated heterocycles. The van der Waals surface area contributed by atoms with Crippen LogP contribution in [0.3, 0.4) is 0 Å². The molecule has 0 radical (unpaired) electrons. The van der Waals surface area contributed by atoms with Gasteiger partial charge in [-0.3, -0.25) is 0 Å². The van der Waals surface area contributed by atoms with E-state index >= 15 is 0 Å². The summed E-state index contributed by atoms with van der Waals surface area (Å²) in [5.74, 6) is 0. The summed E-state index contributed by atoms with van der Waals surface area (Å²) in [4.78, 5) is 7.04. The van der Waals surface area contributed by atoms with Gasteiger partial charge in [0.1, 0.15) is 0 Å². The molecule has 1 aliphatic carbocycles. The maximum absolute atomic E-state index is 2.44. The lowest BCUT2D eigenvalue weighted by Gasteiger charge is -2.28. The summed E-state index contributed by atoms with van der Waals surface area (Å²) in [6.07, 6.45) is 0. The average Bonchev–Trinajstić information content (AvgIpc) is 1.56. The van der Waals surface area contributed by atoms with Crippen LogP contribution >= 0.6 is 0 Å². The molecule has 25 aromatic rings. The van der Waals surface area contributed by atoms with E-state index in [4.69, 9.17) is 0 Å². The van der Waals surface area contributed by atoms with Crippen LogP contribution in [0.25, 0.3) is 177 Å². The normalized spacial score (nSPS) is 11.6. The number of nitrogens with zero attached hydrogens (tertiary/aromatic N) is 3. The smallest absolute Gasteiger partial charge is 0.0465 e. The second-order valence-corrected chi connectivity index (χ2v) is 39.0. The molecule has 0 spiro atoms. The lowest BCUT2D eigenvalue weighted by molar-refractivity contribution is 0.660. The van der Waals surface area contributed by atoms with Crippen LogP contribution in [0.5, 0.6) is 0 Å². The van der Waals surface area contributed by atoms with Crippen LogP contribution in [0.15, 0.2) is 613 Å². The van der Waals surface area contributed by atoms with E-state index in [1.807, 2.05) is 0 Å². The fraction of sp³-hybridized carbons (Fsp3) is 0.0204. The Labute approximate surface area is 879 Å². The Morgan fingerprint density at radius 2 is 0.300 bits per heavy atom. The minimum Gasteiger partial charge on any atom is -0.311 e. The molecule has 0 unspecified atom stereocenters. The van der Waals surface area contributed by atoms with Crippen molar-refractivity contribution in [2.75, 3.05) is 14.7 Å². The molecular weight excluding hydrogens is 1810 g/mol. The second kappa shape index (κ2) is 42.2. The third-order valence-corrected chi connectivity index (χ3v) is 29.4. The maximum atomic E-state index is 2.44. The van der Waals surface area contributed by atoms with Crippen molar-refractivity contribution in [3.05, 3.63) is 624 Å². The molecule has 0 heterocycles. The van der Waals surface area contributed by atoms with Gasteiger partial charge in [-0.15, -0.1) is 0 Å². The second-order valence-electron chi connectivity index (χ2n) is 39.0. The van der Waals surface area contributed by atoms with Crippen molar-refractivity contribution in [2.24, 2.45) is 0 Å². The summed E-state index contributed by atoms with van der Waals surface area (Å²) >= 11 is 0. The minimum absolute atomic E-state index is 0.153. The van der Waals surface area contributed by atoms with Crippen LogP contribution in [-0.4, -0.2) is 0 Å². The molecule has 0 saturated carbocycles. The Morgan fingerprint density at radius 3 is 0.640 bits per heavy atom. The highest BCUT2D eigenvalue weighted by atomic mass is 15.2. The van der Waals surface area contributed by atoms with Crippen molar-refractivity contribution in [3.8, 4) is 145 Å². The van der Waals surface area contributed by atoms with Gasteiger partial charge in [0.15, 0.2) is 0 Å². The van der Waals surface area contributed by atoms with Crippen molar-refractivity contribution in [2.45, 2.75) is 19.3 Å². The highest BCUT2D eigenvalue weighted by Crippen LogP contribution is 2.54. The number of para-hydroxylation sites is 2. The van der Waals surface area contributed by atoms with Crippen LogP contribution in [0.1, 0.15) is 25.0 Å². The fourth-order valence-corrected chi connectivity index (χ4v) is 21.7. The molecule has 0 atom stereocenters. The van der Waals surface area contributed by atoms with E-state index in [1.165, 1.54) is 194 Å². The van der Waals surface area contributed by atoms with E-state index in [1.54, 1.807) is 0 Å². The molecule has 1 aliphatic rings. The standard InChI is InChI=1S/2C52H37N.C43H33N/c1-4-14-38(15-5-1)40-24-30-46(31-25-40)53(47-32-26-41(27-33-47)39-16-6-2-7-17-39)48-34-28-43(29-35-48)51-36-44-20-10-11-21-45(44)37-52(51)50-23-13-12-22-49(50)42-18-8-3-9-19-42;1-4-13-38(14-5-1)41-23-29-48(30-24-41)53(49-31-25-42(26-32-49)39-15-6-2-7-16-39)50-33-27-43(28-34-50)51-36-45-19-10-11-20-46(45)37-52(51)47-22-12-21-44(35-47)40-17-8-3-9-18-40;1-43(2)41-28-33(40-27-32-17-13-12-16-31(32)26-39(40)30-14-6-3-7-15-30)22-24-37(41)38-25-23-36(29-42(38)43)44(34-18-8-4-9-19-34)35-20-10-5-11-21-35/h2*1-37H;3-29H,1-2H3. The topological polar surface area (TPSA) is 9.72 Å². The summed E-state index contributed by atoms with van der Waals surface area (Å²) in [5.41, 5.74) is 44.5. The van der Waals surface area contributed by atoms with Gasteiger partial charge in [0, 0.05) is 56.6 Å². The number of benzene rings is 25. The maximum Gasteiger partial charge on any atom is 0.0465 e. The molecule has 25 aromatic carbocycles. The fourth-order valence-electron chi connectivity index (χ4n) is 21.7. The highest BCUT2D eigenvalue weighted by molar-refractivity contribution is 6.03. The van der Waals surface area contributed by atoms with Gasteiger partial charge in [-0.2, -0.15) is 0 Å². The number of anilines is 9. The van der Waals surface area contributed by atoms with E-state index in [-0.39, 0.29) is 5.41 Å². The van der Waals surface area contributed by atoms with Crippen molar-refractivity contribution in [3.63, 3.8) is 0 Å². The van der Waals surface area contributed by atoms with Crippen LogP contribution in [0.4, 0.5) is 51.2 Å². The number of hydrogen-bond donors (Lipinski definition) is 0. The van der Waals surface area contributed by atoms with Gasteiger partial charge in [-0.1, -0.05) is 469 Å². The number of fused-ring (bicyclic) bond motifs is 6. The number of hydrogen-bond acceptors (Lipinski definition) is 3. The largest absolute Gasteiger partial charge is 0.311 e. The summed E-state index contributed by atoms with van der Waals surface area (Å²) in [5, 5.41) is 7.45. The zero-order valence-electron chi connectivity index (χ0n) is 83.7. The first kappa shape index (κ1) is 93.1. The Balaban J connectivity index is 0.000000120. The summed E-state index contributed by atoms with van der Waals surface area (Å²) < 4.78 is 0. The molecule has 0 aromatic heterocycles. The molecule has 710 valence electrons. The van der Waals surface area contributed by atoms with E-state index < -0.39 is 0 Å². The van der Waals surface area contributed by atoms with Crippen LogP contribution in [0, 0.1) is 0 Å². The zero-order chi connectivity index (χ0) is 100. The van der Waals surface area contributed by atoms with Crippen LogP contribution < -0.4 is 14.7 Å². The summed E-state index contributed by atoms with van der Waals surface area (Å²) in [6.45, 7) is 4.75. The number of rotatable bonds is 21. The van der Waals surface area contributed by atoms with E-state index in [9.17, 15) is 0 Å². The quantitative estimate of drug-likeness (QED) is 0.0710. The van der Waals surface area contributed by atoms with Crippen molar-refractivity contribution in [1.29, 1.82) is 0 Å². The van der Waals surface area contributed by atoms with Crippen LogP contribution in [-0.2, 0) is 5.41 Å². The summed E-state index contributed by atoms with van der Waals surface area (Å²) in [7, 11) is 0. The third kappa shape index (κ3) is 19.4. The molecule has 0 fully saturated rings. The van der Waals surface area contributed by atoms with Crippen molar-refractivity contribution >= 4 is 83.5 Å². The lowest BCUT2D eigenvalue weighted by Crippen LogP contribution is -2.16. The van der Waals surface area contributed by atoms with Gasteiger partial charge in [0.25, 0.3) is 0 Å². The van der Waals surface area contributed by atoms with E-state index in [2.05, 4.69) is 641 Å². The molecule has 0 aliphatic heterocycles. The van der Waals surface area contributed by atoms with E-state index in [0.29, 0.717) is 0 Å². The molecule has 3 heteroatoms. The Bertz CT molecular complexity index is 8820. The molecule has 26 rings (SSSR count). The molecular formula is C147H107N3. The van der Waals surface area contributed by atoms with Crippen molar-refractivity contribution < 1.29 is 0 Å².